The van der Waals surface area contributed by atoms with Gasteiger partial charge in [0.15, 0.2) is 5.76 Å². The van der Waals surface area contributed by atoms with E-state index in [9.17, 15) is 4.79 Å². The summed E-state index contributed by atoms with van der Waals surface area (Å²) < 4.78 is 16.6. The maximum atomic E-state index is 12.7. The predicted octanol–water partition coefficient (Wildman–Crippen LogP) is 3.78. The van der Waals surface area contributed by atoms with E-state index in [1.165, 1.54) is 0 Å². The highest BCUT2D eigenvalue weighted by Gasteiger charge is 2.22. The quantitative estimate of drug-likeness (QED) is 0.808. The highest BCUT2D eigenvalue weighted by molar-refractivity contribution is 5.99. The summed E-state index contributed by atoms with van der Waals surface area (Å²) in [4.78, 5) is 14.4. The summed E-state index contributed by atoms with van der Waals surface area (Å²) >= 11 is 0. The molecule has 0 radical (unpaired) electrons. The van der Waals surface area contributed by atoms with Crippen molar-refractivity contribution in [2.45, 2.75) is 38.7 Å². The molecule has 0 spiro atoms. The van der Waals surface area contributed by atoms with E-state index >= 15 is 0 Å². The zero-order valence-electron chi connectivity index (χ0n) is 14.6. The second-order valence-electron chi connectivity index (χ2n) is 6.42. The van der Waals surface area contributed by atoms with Crippen LogP contribution in [0.2, 0.25) is 0 Å². The van der Waals surface area contributed by atoms with Crippen molar-refractivity contribution in [2.75, 3.05) is 27.3 Å². The highest BCUT2D eigenvalue weighted by atomic mass is 16.5. The molecule has 1 atom stereocenters. The van der Waals surface area contributed by atoms with E-state index in [1.54, 1.807) is 12.0 Å². The SMILES string of the molecule is COc1ccc2c(C)c(C(=O)N(C)CCC[C@@H]3CCCO3)oc2c1. The fourth-order valence-corrected chi connectivity index (χ4v) is 3.24. The molecule has 1 saturated heterocycles. The molecule has 130 valence electrons. The number of ether oxygens (including phenoxy) is 2. The van der Waals surface area contributed by atoms with Crippen LogP contribution in [0.15, 0.2) is 22.6 Å². The third kappa shape index (κ3) is 3.41. The topological polar surface area (TPSA) is 51.9 Å². The van der Waals surface area contributed by atoms with Crippen molar-refractivity contribution in [3.05, 3.63) is 29.5 Å². The summed E-state index contributed by atoms with van der Waals surface area (Å²) in [6.45, 7) is 3.51. The number of rotatable bonds is 6. The fourth-order valence-electron chi connectivity index (χ4n) is 3.24. The Morgan fingerprint density at radius 2 is 2.25 bits per heavy atom. The highest BCUT2D eigenvalue weighted by Crippen LogP contribution is 2.29. The first-order chi connectivity index (χ1) is 11.6. The number of carbonyl (C=O) groups excluding carboxylic acids is 1. The molecule has 1 aliphatic rings. The maximum absolute atomic E-state index is 12.7. The molecule has 5 nitrogen and oxygen atoms in total. The Labute approximate surface area is 142 Å². The lowest BCUT2D eigenvalue weighted by Crippen LogP contribution is -2.28. The van der Waals surface area contributed by atoms with Crippen LogP contribution in [0.1, 0.15) is 41.8 Å². The van der Waals surface area contributed by atoms with Crippen molar-refractivity contribution in [1.82, 2.24) is 4.90 Å². The van der Waals surface area contributed by atoms with Gasteiger partial charge in [-0.2, -0.15) is 0 Å². The number of hydrogen-bond acceptors (Lipinski definition) is 4. The summed E-state index contributed by atoms with van der Waals surface area (Å²) in [6.07, 6.45) is 4.62. The Bertz CT molecular complexity index is 715. The van der Waals surface area contributed by atoms with Crippen molar-refractivity contribution >= 4 is 16.9 Å². The van der Waals surface area contributed by atoms with Crippen molar-refractivity contribution in [2.24, 2.45) is 0 Å². The Morgan fingerprint density at radius 3 is 2.96 bits per heavy atom. The first kappa shape index (κ1) is 16.8. The molecule has 2 heterocycles. The smallest absolute Gasteiger partial charge is 0.289 e. The Morgan fingerprint density at radius 1 is 1.42 bits per heavy atom. The normalized spacial score (nSPS) is 17.4. The van der Waals surface area contributed by atoms with Gasteiger partial charge in [0.1, 0.15) is 11.3 Å². The summed E-state index contributed by atoms with van der Waals surface area (Å²) in [7, 11) is 3.44. The molecule has 1 amide bonds. The number of furan rings is 1. The second kappa shape index (κ2) is 7.26. The number of hydrogen-bond donors (Lipinski definition) is 0. The average molecular weight is 331 g/mol. The molecule has 1 fully saturated rings. The van der Waals surface area contributed by atoms with Crippen LogP contribution in [0, 0.1) is 6.92 Å². The molecule has 1 aromatic heterocycles. The first-order valence-corrected chi connectivity index (χ1v) is 8.54. The Kier molecular flexibility index (Phi) is 5.09. The van der Waals surface area contributed by atoms with Crippen LogP contribution in [-0.4, -0.2) is 44.2 Å². The van der Waals surface area contributed by atoms with Crippen LogP contribution in [-0.2, 0) is 4.74 Å². The number of nitrogens with zero attached hydrogens (tertiary/aromatic N) is 1. The van der Waals surface area contributed by atoms with Gasteiger partial charge >= 0.3 is 0 Å². The van der Waals surface area contributed by atoms with Crippen molar-refractivity contribution in [3.8, 4) is 5.75 Å². The molecule has 0 N–H and O–H groups in total. The second-order valence-corrected chi connectivity index (χ2v) is 6.42. The molecule has 0 bridgehead atoms. The third-order valence-corrected chi connectivity index (χ3v) is 4.73. The molecule has 1 aliphatic heterocycles. The summed E-state index contributed by atoms with van der Waals surface area (Å²) in [6, 6.07) is 5.63. The lowest BCUT2D eigenvalue weighted by molar-refractivity contribution is 0.0736. The molecule has 0 unspecified atom stereocenters. The lowest BCUT2D eigenvalue weighted by atomic mass is 10.1. The van der Waals surface area contributed by atoms with Crippen LogP contribution < -0.4 is 4.74 Å². The fraction of sp³-hybridized carbons (Fsp3) is 0.526. The van der Waals surface area contributed by atoms with Crippen molar-refractivity contribution in [3.63, 3.8) is 0 Å². The van der Waals surface area contributed by atoms with E-state index in [0.29, 0.717) is 24.0 Å². The van der Waals surface area contributed by atoms with Crippen LogP contribution in [0.25, 0.3) is 11.0 Å². The number of carbonyl (C=O) groups is 1. The minimum Gasteiger partial charge on any atom is -0.497 e. The van der Waals surface area contributed by atoms with Gasteiger partial charge < -0.3 is 18.8 Å². The largest absolute Gasteiger partial charge is 0.497 e. The van der Waals surface area contributed by atoms with E-state index < -0.39 is 0 Å². The average Bonchev–Trinajstić information content (AvgIpc) is 3.22. The molecule has 0 saturated carbocycles. The molecule has 0 aliphatic carbocycles. The van der Waals surface area contributed by atoms with Gasteiger partial charge in [0, 0.05) is 37.2 Å². The Balaban J connectivity index is 1.66. The van der Waals surface area contributed by atoms with Gasteiger partial charge in [-0.05, 0) is 44.7 Å². The summed E-state index contributed by atoms with van der Waals surface area (Å²) in [5, 5.41) is 0.951. The van der Waals surface area contributed by atoms with E-state index in [4.69, 9.17) is 13.9 Å². The lowest BCUT2D eigenvalue weighted by Gasteiger charge is -2.17. The van der Waals surface area contributed by atoms with Crippen molar-refractivity contribution < 1.29 is 18.7 Å². The number of methoxy groups -OCH3 is 1. The summed E-state index contributed by atoms with van der Waals surface area (Å²) in [5.41, 5.74) is 1.56. The molecule has 5 heteroatoms. The maximum Gasteiger partial charge on any atom is 0.289 e. The van der Waals surface area contributed by atoms with Crippen molar-refractivity contribution in [1.29, 1.82) is 0 Å². The van der Waals surface area contributed by atoms with Crippen LogP contribution >= 0.6 is 0 Å². The molecule has 3 rings (SSSR count). The molecular weight excluding hydrogens is 306 g/mol. The first-order valence-electron chi connectivity index (χ1n) is 8.54. The van der Waals surface area contributed by atoms with Crippen LogP contribution in [0.3, 0.4) is 0 Å². The zero-order chi connectivity index (χ0) is 17.1. The number of benzene rings is 1. The van der Waals surface area contributed by atoms with E-state index in [-0.39, 0.29) is 5.91 Å². The Hall–Kier alpha value is -2.01. The van der Waals surface area contributed by atoms with Gasteiger partial charge in [-0.3, -0.25) is 4.79 Å². The number of amides is 1. The van der Waals surface area contributed by atoms with Gasteiger partial charge in [-0.15, -0.1) is 0 Å². The monoisotopic (exact) mass is 331 g/mol. The van der Waals surface area contributed by atoms with Gasteiger partial charge in [-0.25, -0.2) is 0 Å². The molecular formula is C19H25NO4. The van der Waals surface area contributed by atoms with E-state index in [0.717, 1.165) is 49.0 Å². The third-order valence-electron chi connectivity index (χ3n) is 4.73. The molecule has 24 heavy (non-hydrogen) atoms. The van der Waals surface area contributed by atoms with Gasteiger partial charge in [-0.1, -0.05) is 0 Å². The van der Waals surface area contributed by atoms with E-state index in [1.807, 2.05) is 32.2 Å². The number of fused-ring (bicyclic) bond motifs is 1. The predicted molar refractivity (Wildman–Crippen MR) is 92.7 cm³/mol. The molecule has 1 aromatic carbocycles. The van der Waals surface area contributed by atoms with Crippen LogP contribution in [0.4, 0.5) is 0 Å². The van der Waals surface area contributed by atoms with Gasteiger partial charge in [0.2, 0.25) is 0 Å². The standard InChI is InChI=1S/C19H25NO4/c1-13-16-9-8-15(22-3)12-17(16)24-18(13)19(21)20(2)10-4-6-14-7-5-11-23-14/h8-9,12,14H,4-7,10-11H2,1-3H3/t14-/m1/s1. The zero-order valence-corrected chi connectivity index (χ0v) is 14.6. The number of aryl methyl sites for hydroxylation is 1. The minimum absolute atomic E-state index is 0.0741. The van der Waals surface area contributed by atoms with Gasteiger partial charge in [0.05, 0.1) is 13.2 Å². The minimum atomic E-state index is -0.0741. The molecule has 2 aromatic rings. The van der Waals surface area contributed by atoms with Crippen LogP contribution in [0.5, 0.6) is 5.75 Å². The van der Waals surface area contributed by atoms with Gasteiger partial charge in [0.25, 0.3) is 5.91 Å². The summed E-state index contributed by atoms with van der Waals surface area (Å²) in [5.74, 6) is 1.06. The van der Waals surface area contributed by atoms with E-state index in [2.05, 4.69) is 0 Å².